The summed E-state index contributed by atoms with van der Waals surface area (Å²) < 4.78 is 11.1. The van der Waals surface area contributed by atoms with E-state index in [1.165, 1.54) is 0 Å². The Hall–Kier alpha value is -1.72. The first-order valence-electron chi connectivity index (χ1n) is 6.41. The highest BCUT2D eigenvalue weighted by Gasteiger charge is 2.37. The van der Waals surface area contributed by atoms with Crippen LogP contribution in [0.1, 0.15) is 18.7 Å². The van der Waals surface area contributed by atoms with Gasteiger partial charge in [0.15, 0.2) is 5.82 Å². The van der Waals surface area contributed by atoms with E-state index >= 15 is 0 Å². The van der Waals surface area contributed by atoms with Gasteiger partial charge in [0.1, 0.15) is 11.4 Å². The molecule has 0 radical (unpaired) electrons. The number of methoxy groups -OCH3 is 1. The van der Waals surface area contributed by atoms with Gasteiger partial charge in [-0.25, -0.2) is 9.97 Å². The Bertz CT molecular complexity index is 594. The Morgan fingerprint density at radius 1 is 1.21 bits per heavy atom. The fourth-order valence-corrected chi connectivity index (χ4v) is 2.53. The van der Waals surface area contributed by atoms with E-state index in [4.69, 9.17) is 15.2 Å². The van der Waals surface area contributed by atoms with E-state index in [9.17, 15) is 0 Å². The van der Waals surface area contributed by atoms with Crippen LogP contribution in [0.2, 0.25) is 0 Å². The molecular weight excluding hydrogens is 242 g/mol. The number of aromatic nitrogens is 2. The third kappa shape index (κ3) is 2.05. The van der Waals surface area contributed by atoms with Gasteiger partial charge in [-0.2, -0.15) is 0 Å². The summed E-state index contributed by atoms with van der Waals surface area (Å²) in [6, 6.07) is 7.75. The van der Waals surface area contributed by atoms with Crippen molar-refractivity contribution >= 4 is 16.7 Å². The SMILES string of the molecule is COC1(c2nc(N)c3ccccc3n2)CCOCC1. The van der Waals surface area contributed by atoms with Gasteiger partial charge in [-0.1, -0.05) is 12.1 Å². The molecule has 2 aromatic rings. The van der Waals surface area contributed by atoms with Crippen LogP contribution in [0.3, 0.4) is 0 Å². The summed E-state index contributed by atoms with van der Waals surface area (Å²) in [5.41, 5.74) is 6.42. The Morgan fingerprint density at radius 3 is 2.68 bits per heavy atom. The van der Waals surface area contributed by atoms with Gasteiger partial charge in [-0.15, -0.1) is 0 Å². The first kappa shape index (κ1) is 12.3. The normalized spacial score (nSPS) is 18.6. The fraction of sp³-hybridized carbons (Fsp3) is 0.429. The minimum absolute atomic E-state index is 0.476. The fourth-order valence-electron chi connectivity index (χ4n) is 2.53. The van der Waals surface area contributed by atoms with Gasteiger partial charge in [0.05, 0.1) is 5.52 Å². The number of fused-ring (bicyclic) bond motifs is 1. The second kappa shape index (κ2) is 4.75. The van der Waals surface area contributed by atoms with Crippen molar-refractivity contribution in [2.45, 2.75) is 18.4 Å². The first-order chi connectivity index (χ1) is 9.25. The predicted octanol–water partition coefficient (Wildman–Crippen LogP) is 1.86. The van der Waals surface area contributed by atoms with Crippen molar-refractivity contribution in [1.29, 1.82) is 0 Å². The lowest BCUT2D eigenvalue weighted by Gasteiger charge is -2.34. The van der Waals surface area contributed by atoms with Gasteiger partial charge in [-0.05, 0) is 12.1 Å². The number of anilines is 1. The highest BCUT2D eigenvalue weighted by atomic mass is 16.5. The number of nitrogens with zero attached hydrogens (tertiary/aromatic N) is 2. The van der Waals surface area contributed by atoms with Gasteiger partial charge in [0.2, 0.25) is 0 Å². The number of nitrogen functional groups attached to an aromatic ring is 1. The molecule has 5 nitrogen and oxygen atoms in total. The average Bonchev–Trinajstić information content (AvgIpc) is 2.48. The number of rotatable bonds is 2. The molecule has 2 heterocycles. The molecule has 0 amide bonds. The topological polar surface area (TPSA) is 70.3 Å². The molecule has 0 unspecified atom stereocenters. The molecule has 1 aromatic carbocycles. The molecule has 3 rings (SSSR count). The van der Waals surface area contributed by atoms with Crippen molar-refractivity contribution < 1.29 is 9.47 Å². The van der Waals surface area contributed by atoms with Crippen molar-refractivity contribution in [1.82, 2.24) is 9.97 Å². The minimum atomic E-state index is -0.476. The van der Waals surface area contributed by atoms with Gasteiger partial charge >= 0.3 is 0 Å². The molecule has 0 saturated carbocycles. The Balaban J connectivity index is 2.13. The number of benzene rings is 1. The lowest BCUT2D eigenvalue weighted by molar-refractivity contribution is -0.0997. The summed E-state index contributed by atoms with van der Waals surface area (Å²) >= 11 is 0. The number of hydrogen-bond acceptors (Lipinski definition) is 5. The van der Waals surface area contributed by atoms with Crippen molar-refractivity contribution in [2.75, 3.05) is 26.1 Å². The van der Waals surface area contributed by atoms with E-state index in [1.54, 1.807) is 7.11 Å². The third-order valence-electron chi connectivity index (χ3n) is 3.73. The van der Waals surface area contributed by atoms with E-state index in [0.29, 0.717) is 24.9 Å². The average molecular weight is 259 g/mol. The zero-order valence-electron chi connectivity index (χ0n) is 10.9. The summed E-state index contributed by atoms with van der Waals surface area (Å²) in [5, 5.41) is 0.879. The zero-order valence-corrected chi connectivity index (χ0v) is 10.9. The van der Waals surface area contributed by atoms with E-state index in [-0.39, 0.29) is 0 Å². The van der Waals surface area contributed by atoms with Crippen LogP contribution in [0.4, 0.5) is 5.82 Å². The van der Waals surface area contributed by atoms with E-state index in [0.717, 1.165) is 23.7 Å². The number of hydrogen-bond donors (Lipinski definition) is 1. The van der Waals surface area contributed by atoms with E-state index in [1.807, 2.05) is 24.3 Å². The Labute approximate surface area is 111 Å². The Morgan fingerprint density at radius 2 is 1.95 bits per heavy atom. The van der Waals surface area contributed by atoms with Crippen LogP contribution in [-0.2, 0) is 15.1 Å². The molecule has 1 saturated heterocycles. The van der Waals surface area contributed by atoms with Crippen LogP contribution in [-0.4, -0.2) is 30.3 Å². The molecular formula is C14H17N3O2. The van der Waals surface area contributed by atoms with E-state index in [2.05, 4.69) is 9.97 Å². The molecule has 2 N–H and O–H groups in total. The monoisotopic (exact) mass is 259 g/mol. The van der Waals surface area contributed by atoms with Crippen LogP contribution in [0.5, 0.6) is 0 Å². The van der Waals surface area contributed by atoms with Crippen LogP contribution < -0.4 is 5.73 Å². The molecule has 0 spiro atoms. The van der Waals surface area contributed by atoms with Crippen LogP contribution in [0.15, 0.2) is 24.3 Å². The lowest BCUT2D eigenvalue weighted by Crippen LogP contribution is -2.37. The molecule has 5 heteroatoms. The Kier molecular flexibility index (Phi) is 3.08. The molecule has 1 aliphatic heterocycles. The maximum Gasteiger partial charge on any atom is 0.163 e. The van der Waals surface area contributed by atoms with Gasteiger partial charge in [0.25, 0.3) is 0 Å². The smallest absolute Gasteiger partial charge is 0.163 e. The van der Waals surface area contributed by atoms with Crippen molar-refractivity contribution in [2.24, 2.45) is 0 Å². The standard InChI is InChI=1S/C14H17N3O2/c1-18-14(6-8-19-9-7-14)13-16-11-5-3-2-4-10(11)12(15)17-13/h2-5H,6-9H2,1H3,(H2,15,16,17). The molecule has 0 aliphatic carbocycles. The largest absolute Gasteiger partial charge is 0.383 e. The van der Waals surface area contributed by atoms with Gasteiger partial charge in [0, 0.05) is 38.6 Å². The quantitative estimate of drug-likeness (QED) is 0.891. The van der Waals surface area contributed by atoms with Crippen LogP contribution in [0.25, 0.3) is 10.9 Å². The second-order valence-corrected chi connectivity index (χ2v) is 4.76. The minimum Gasteiger partial charge on any atom is -0.383 e. The van der Waals surface area contributed by atoms with Crippen LogP contribution >= 0.6 is 0 Å². The molecule has 1 aliphatic rings. The number of para-hydroxylation sites is 1. The first-order valence-corrected chi connectivity index (χ1v) is 6.41. The molecule has 1 aromatic heterocycles. The third-order valence-corrected chi connectivity index (χ3v) is 3.73. The maximum atomic E-state index is 6.04. The van der Waals surface area contributed by atoms with Gasteiger partial charge in [-0.3, -0.25) is 0 Å². The maximum absolute atomic E-state index is 6.04. The molecule has 1 fully saturated rings. The van der Waals surface area contributed by atoms with Crippen molar-refractivity contribution in [3.05, 3.63) is 30.1 Å². The van der Waals surface area contributed by atoms with Crippen LogP contribution in [0, 0.1) is 0 Å². The molecule has 0 atom stereocenters. The zero-order chi connectivity index (χ0) is 13.3. The second-order valence-electron chi connectivity index (χ2n) is 4.76. The highest BCUT2D eigenvalue weighted by molar-refractivity contribution is 5.87. The summed E-state index contributed by atoms with van der Waals surface area (Å²) in [4.78, 5) is 9.09. The van der Waals surface area contributed by atoms with Crippen molar-refractivity contribution in [3.8, 4) is 0 Å². The van der Waals surface area contributed by atoms with E-state index < -0.39 is 5.60 Å². The summed E-state index contributed by atoms with van der Waals surface area (Å²) in [6.07, 6.45) is 1.50. The molecule has 19 heavy (non-hydrogen) atoms. The lowest BCUT2D eigenvalue weighted by atomic mass is 9.93. The molecule has 0 bridgehead atoms. The number of nitrogens with two attached hydrogens (primary N) is 1. The van der Waals surface area contributed by atoms with Crippen molar-refractivity contribution in [3.63, 3.8) is 0 Å². The molecule has 100 valence electrons. The number of ether oxygens (including phenoxy) is 2. The summed E-state index contributed by atoms with van der Waals surface area (Å²) in [5.74, 6) is 1.16. The predicted molar refractivity (Wildman–Crippen MR) is 72.7 cm³/mol. The highest BCUT2D eigenvalue weighted by Crippen LogP contribution is 2.34. The summed E-state index contributed by atoms with van der Waals surface area (Å²) in [6.45, 7) is 1.31. The van der Waals surface area contributed by atoms with Gasteiger partial charge < -0.3 is 15.2 Å². The summed E-state index contributed by atoms with van der Waals surface area (Å²) in [7, 11) is 1.69.